The Kier molecular flexibility index (Phi) is 3.30. The van der Waals surface area contributed by atoms with Gasteiger partial charge in [0, 0.05) is 5.56 Å². The Labute approximate surface area is 124 Å². The summed E-state index contributed by atoms with van der Waals surface area (Å²) in [6, 6.07) is 15.1. The molecule has 0 spiro atoms. The van der Waals surface area contributed by atoms with E-state index in [0.717, 1.165) is 22.9 Å². The zero-order chi connectivity index (χ0) is 15.0. The molecule has 0 aromatic heterocycles. The van der Waals surface area contributed by atoms with Crippen LogP contribution in [-0.2, 0) is 6.42 Å². The van der Waals surface area contributed by atoms with Crippen LogP contribution in [0.15, 0.2) is 48.5 Å². The fourth-order valence-corrected chi connectivity index (χ4v) is 2.90. The molecule has 0 saturated heterocycles. The fourth-order valence-electron chi connectivity index (χ4n) is 2.90. The van der Waals surface area contributed by atoms with Gasteiger partial charge in [0.05, 0.1) is 0 Å². The van der Waals surface area contributed by atoms with E-state index in [2.05, 4.69) is 38.1 Å². The number of rotatable bonds is 2. The third-order valence-corrected chi connectivity index (χ3v) is 4.00. The highest BCUT2D eigenvalue weighted by Gasteiger charge is 2.14. The van der Waals surface area contributed by atoms with E-state index in [1.54, 1.807) is 12.1 Å². The van der Waals surface area contributed by atoms with Crippen LogP contribution < -0.4 is 0 Å². The number of hydrogen-bond donors (Lipinski definition) is 2. The molecule has 0 bridgehead atoms. The first kappa shape index (κ1) is 13.5. The quantitative estimate of drug-likeness (QED) is 0.662. The normalized spacial score (nSPS) is 11.0. The van der Waals surface area contributed by atoms with Crippen LogP contribution >= 0.6 is 0 Å². The summed E-state index contributed by atoms with van der Waals surface area (Å²) in [5, 5.41) is 22.3. The summed E-state index contributed by atoms with van der Waals surface area (Å²) < 4.78 is 0. The summed E-state index contributed by atoms with van der Waals surface area (Å²) in [6.07, 6.45) is 0.869. The van der Waals surface area contributed by atoms with Crippen LogP contribution in [0.5, 0.6) is 11.5 Å². The van der Waals surface area contributed by atoms with Gasteiger partial charge in [-0.15, -0.1) is 0 Å². The van der Waals surface area contributed by atoms with Crippen molar-refractivity contribution >= 4 is 10.8 Å². The molecule has 3 aromatic rings. The van der Waals surface area contributed by atoms with Crippen LogP contribution in [0.3, 0.4) is 0 Å². The Balaban J connectivity index is 2.44. The maximum atomic E-state index is 10.2. The van der Waals surface area contributed by atoms with E-state index in [1.165, 1.54) is 17.0 Å². The van der Waals surface area contributed by atoms with E-state index in [4.69, 9.17) is 0 Å². The summed E-state index contributed by atoms with van der Waals surface area (Å²) in [4.78, 5) is 0. The Morgan fingerprint density at radius 3 is 2.48 bits per heavy atom. The predicted octanol–water partition coefficient (Wildman–Crippen LogP) is 4.79. The summed E-state index contributed by atoms with van der Waals surface area (Å²) in [5.74, 6) is 0.353. The van der Waals surface area contributed by atoms with Crippen LogP contribution in [0.1, 0.15) is 18.1 Å². The van der Waals surface area contributed by atoms with E-state index < -0.39 is 0 Å². The van der Waals surface area contributed by atoms with Crippen molar-refractivity contribution in [3.05, 3.63) is 59.7 Å². The smallest absolute Gasteiger partial charge is 0.123 e. The molecule has 0 heterocycles. The van der Waals surface area contributed by atoms with Gasteiger partial charge in [-0.2, -0.15) is 0 Å². The number of hydrogen-bond acceptors (Lipinski definition) is 2. The lowest BCUT2D eigenvalue weighted by molar-refractivity contribution is 0.462. The molecule has 0 amide bonds. The van der Waals surface area contributed by atoms with Crippen molar-refractivity contribution in [1.29, 1.82) is 0 Å². The van der Waals surface area contributed by atoms with E-state index >= 15 is 0 Å². The maximum absolute atomic E-state index is 10.2. The Hall–Kier alpha value is -2.48. The zero-order valence-electron chi connectivity index (χ0n) is 12.2. The highest BCUT2D eigenvalue weighted by atomic mass is 16.3. The van der Waals surface area contributed by atoms with Gasteiger partial charge in [-0.3, -0.25) is 0 Å². The molecule has 0 aliphatic carbocycles. The lowest BCUT2D eigenvalue weighted by Crippen LogP contribution is -1.92. The third-order valence-electron chi connectivity index (χ3n) is 4.00. The minimum Gasteiger partial charge on any atom is -0.508 e. The molecule has 3 aromatic carbocycles. The van der Waals surface area contributed by atoms with Gasteiger partial charge in [-0.05, 0) is 59.0 Å². The number of phenolic OH excluding ortho intramolecular Hbond substituents is 2. The molecule has 2 N–H and O–H groups in total. The van der Waals surface area contributed by atoms with Crippen molar-refractivity contribution in [3.63, 3.8) is 0 Å². The Morgan fingerprint density at radius 2 is 1.71 bits per heavy atom. The molecule has 0 aliphatic heterocycles. The van der Waals surface area contributed by atoms with Crippen LogP contribution in [0, 0.1) is 6.92 Å². The van der Waals surface area contributed by atoms with Crippen LogP contribution in [0.2, 0.25) is 0 Å². The van der Waals surface area contributed by atoms with Gasteiger partial charge < -0.3 is 10.2 Å². The average Bonchev–Trinajstić information content (AvgIpc) is 2.49. The predicted molar refractivity (Wildman–Crippen MR) is 86.8 cm³/mol. The van der Waals surface area contributed by atoms with Gasteiger partial charge >= 0.3 is 0 Å². The number of phenols is 2. The highest BCUT2D eigenvalue weighted by molar-refractivity contribution is 6.01. The van der Waals surface area contributed by atoms with E-state index in [-0.39, 0.29) is 11.5 Å². The van der Waals surface area contributed by atoms with Gasteiger partial charge in [0.1, 0.15) is 11.5 Å². The molecule has 0 fully saturated rings. The van der Waals surface area contributed by atoms with E-state index in [9.17, 15) is 10.2 Å². The Morgan fingerprint density at radius 1 is 0.905 bits per heavy atom. The molecule has 0 atom stereocenters. The topological polar surface area (TPSA) is 40.5 Å². The van der Waals surface area contributed by atoms with Crippen molar-refractivity contribution in [2.24, 2.45) is 0 Å². The first-order valence-electron chi connectivity index (χ1n) is 7.15. The number of aryl methyl sites for hydroxylation is 2. The third kappa shape index (κ3) is 2.23. The second kappa shape index (κ2) is 5.13. The first-order valence-corrected chi connectivity index (χ1v) is 7.15. The van der Waals surface area contributed by atoms with Gasteiger partial charge in [0.2, 0.25) is 0 Å². The Bertz CT molecular complexity index is 819. The number of aromatic hydroxyl groups is 2. The van der Waals surface area contributed by atoms with Crippen LogP contribution in [-0.4, -0.2) is 10.2 Å². The summed E-state index contributed by atoms with van der Waals surface area (Å²) in [5.41, 5.74) is 4.06. The molecule has 0 aliphatic rings. The van der Waals surface area contributed by atoms with Crippen molar-refractivity contribution in [2.45, 2.75) is 20.3 Å². The maximum Gasteiger partial charge on any atom is 0.123 e. The SMILES string of the molecule is CCc1ccc2c(C)cccc2c1-c1cc(O)ccc1O. The average molecular weight is 278 g/mol. The van der Waals surface area contributed by atoms with Gasteiger partial charge in [-0.25, -0.2) is 0 Å². The zero-order valence-corrected chi connectivity index (χ0v) is 12.2. The van der Waals surface area contributed by atoms with Gasteiger partial charge in [0.15, 0.2) is 0 Å². The summed E-state index contributed by atoms with van der Waals surface area (Å²) in [7, 11) is 0. The molecule has 2 heteroatoms. The second-order valence-electron chi connectivity index (χ2n) is 5.32. The van der Waals surface area contributed by atoms with E-state index in [1.807, 2.05) is 6.07 Å². The van der Waals surface area contributed by atoms with Crippen molar-refractivity contribution in [1.82, 2.24) is 0 Å². The number of benzene rings is 3. The lowest BCUT2D eigenvalue weighted by Gasteiger charge is -2.15. The minimum absolute atomic E-state index is 0.162. The molecule has 0 saturated carbocycles. The standard InChI is InChI=1S/C19H18O2/c1-3-13-7-9-15-12(2)5-4-6-16(15)19(13)17-11-14(20)8-10-18(17)21/h4-11,20-21H,3H2,1-2H3. The molecule has 0 radical (unpaired) electrons. The monoisotopic (exact) mass is 278 g/mol. The van der Waals surface area contributed by atoms with Crippen LogP contribution in [0.25, 0.3) is 21.9 Å². The summed E-state index contributed by atoms with van der Waals surface area (Å²) in [6.45, 7) is 4.18. The molecule has 21 heavy (non-hydrogen) atoms. The molecule has 106 valence electrons. The minimum atomic E-state index is 0.162. The van der Waals surface area contributed by atoms with Crippen molar-refractivity contribution in [2.75, 3.05) is 0 Å². The fraction of sp³-hybridized carbons (Fsp3) is 0.158. The van der Waals surface area contributed by atoms with Crippen molar-refractivity contribution in [3.8, 4) is 22.6 Å². The van der Waals surface area contributed by atoms with E-state index in [0.29, 0.717) is 5.56 Å². The van der Waals surface area contributed by atoms with Crippen molar-refractivity contribution < 1.29 is 10.2 Å². The second-order valence-corrected chi connectivity index (χ2v) is 5.32. The number of fused-ring (bicyclic) bond motifs is 1. The van der Waals surface area contributed by atoms with Crippen LogP contribution in [0.4, 0.5) is 0 Å². The van der Waals surface area contributed by atoms with Gasteiger partial charge in [0.25, 0.3) is 0 Å². The summed E-state index contributed by atoms with van der Waals surface area (Å²) >= 11 is 0. The largest absolute Gasteiger partial charge is 0.508 e. The first-order chi connectivity index (χ1) is 10.1. The lowest BCUT2D eigenvalue weighted by atomic mass is 9.90. The molecule has 2 nitrogen and oxygen atoms in total. The molecule has 0 unspecified atom stereocenters. The molecule has 3 rings (SSSR count). The molecular weight excluding hydrogens is 260 g/mol. The highest BCUT2D eigenvalue weighted by Crippen LogP contribution is 2.39. The molecular formula is C19H18O2. The van der Waals surface area contributed by atoms with Gasteiger partial charge in [-0.1, -0.05) is 37.3 Å².